The second-order valence-corrected chi connectivity index (χ2v) is 6.78. The summed E-state index contributed by atoms with van der Waals surface area (Å²) in [5, 5.41) is 11.8. The smallest absolute Gasteiger partial charge is 0.407 e. The molecule has 1 aliphatic carbocycles. The summed E-state index contributed by atoms with van der Waals surface area (Å²) in [6.07, 6.45) is 3.77. The summed E-state index contributed by atoms with van der Waals surface area (Å²) in [5.41, 5.74) is -0.573. The van der Waals surface area contributed by atoms with E-state index in [1.165, 1.54) is 6.42 Å². The van der Waals surface area contributed by atoms with E-state index in [2.05, 4.69) is 12.2 Å². The Morgan fingerprint density at radius 2 is 1.90 bits per heavy atom. The van der Waals surface area contributed by atoms with Crippen molar-refractivity contribution in [3.05, 3.63) is 0 Å². The summed E-state index contributed by atoms with van der Waals surface area (Å²) < 4.78 is 5.23. The van der Waals surface area contributed by atoms with Gasteiger partial charge in [0.15, 0.2) is 0 Å². The minimum atomic E-state index is -0.885. The Morgan fingerprint density at radius 1 is 1.30 bits per heavy atom. The summed E-state index contributed by atoms with van der Waals surface area (Å²) in [7, 11) is 0. The van der Waals surface area contributed by atoms with Gasteiger partial charge in [-0.05, 0) is 39.0 Å². The summed E-state index contributed by atoms with van der Waals surface area (Å²) in [6.45, 7) is 7.52. The molecule has 0 aromatic heterocycles. The number of hydrogen-bond donors (Lipinski definition) is 2. The number of nitrogens with one attached hydrogen (secondary N) is 1. The average molecular weight is 285 g/mol. The highest BCUT2D eigenvalue weighted by Gasteiger charge is 2.32. The van der Waals surface area contributed by atoms with Crippen LogP contribution in [0.1, 0.15) is 59.8 Å². The van der Waals surface area contributed by atoms with Crippen LogP contribution in [0.4, 0.5) is 4.79 Å². The van der Waals surface area contributed by atoms with E-state index in [0.717, 1.165) is 19.3 Å². The van der Waals surface area contributed by atoms with Crippen LogP contribution >= 0.6 is 0 Å². The summed E-state index contributed by atoms with van der Waals surface area (Å²) in [6, 6.07) is -0.349. The van der Waals surface area contributed by atoms with Crippen LogP contribution in [0.25, 0.3) is 0 Å². The van der Waals surface area contributed by atoms with Crippen molar-refractivity contribution in [2.24, 2.45) is 11.8 Å². The molecule has 1 amide bonds. The van der Waals surface area contributed by atoms with E-state index in [4.69, 9.17) is 9.84 Å². The molecule has 0 aromatic carbocycles. The fourth-order valence-electron chi connectivity index (χ4n) is 2.90. The van der Waals surface area contributed by atoms with Crippen molar-refractivity contribution in [3.8, 4) is 0 Å². The molecule has 116 valence electrons. The fraction of sp³-hybridized carbons (Fsp3) is 0.867. The van der Waals surface area contributed by atoms with Crippen LogP contribution in [-0.2, 0) is 9.53 Å². The lowest BCUT2D eigenvalue weighted by Gasteiger charge is -2.35. The molecule has 0 bridgehead atoms. The lowest BCUT2D eigenvalue weighted by atomic mass is 9.75. The van der Waals surface area contributed by atoms with E-state index in [1.54, 1.807) is 20.8 Å². The lowest BCUT2D eigenvalue weighted by molar-refractivity contribution is -0.138. The second kappa shape index (κ2) is 6.95. The van der Waals surface area contributed by atoms with Gasteiger partial charge in [0, 0.05) is 6.04 Å². The molecule has 0 heterocycles. The molecule has 0 aromatic rings. The van der Waals surface area contributed by atoms with Gasteiger partial charge in [0.1, 0.15) is 5.60 Å². The zero-order valence-electron chi connectivity index (χ0n) is 12.9. The van der Waals surface area contributed by atoms with Gasteiger partial charge in [-0.2, -0.15) is 0 Å². The van der Waals surface area contributed by atoms with Crippen LogP contribution in [0, 0.1) is 11.8 Å². The largest absolute Gasteiger partial charge is 0.481 e. The monoisotopic (exact) mass is 285 g/mol. The predicted molar refractivity (Wildman–Crippen MR) is 76.5 cm³/mol. The Morgan fingerprint density at radius 3 is 2.40 bits per heavy atom. The minimum absolute atomic E-state index is 0.0474. The van der Waals surface area contributed by atoms with Crippen molar-refractivity contribution in [1.82, 2.24) is 5.32 Å². The zero-order chi connectivity index (χ0) is 15.3. The first-order valence-electron chi connectivity index (χ1n) is 7.40. The van der Waals surface area contributed by atoms with Gasteiger partial charge in [0.2, 0.25) is 0 Å². The summed E-state index contributed by atoms with van der Waals surface area (Å²) in [5.74, 6) is -0.237. The maximum Gasteiger partial charge on any atom is 0.407 e. The molecule has 0 saturated heterocycles. The Bertz CT molecular complexity index is 348. The molecule has 1 fully saturated rings. The van der Waals surface area contributed by atoms with Crippen LogP contribution in [0.15, 0.2) is 0 Å². The van der Waals surface area contributed by atoms with Crippen molar-refractivity contribution in [1.29, 1.82) is 0 Å². The molecule has 2 N–H and O–H groups in total. The van der Waals surface area contributed by atoms with Gasteiger partial charge in [0.05, 0.1) is 6.42 Å². The molecule has 0 aliphatic heterocycles. The highest BCUT2D eigenvalue weighted by Crippen LogP contribution is 2.33. The molecule has 3 atom stereocenters. The SMILES string of the molecule is CC1CCCCC1C(CC(=O)O)NC(=O)OC(C)(C)C. The highest BCUT2D eigenvalue weighted by atomic mass is 16.6. The second-order valence-electron chi connectivity index (χ2n) is 6.78. The lowest BCUT2D eigenvalue weighted by Crippen LogP contribution is -2.46. The van der Waals surface area contributed by atoms with E-state index in [9.17, 15) is 9.59 Å². The van der Waals surface area contributed by atoms with Gasteiger partial charge in [-0.15, -0.1) is 0 Å². The van der Waals surface area contributed by atoms with Crippen molar-refractivity contribution in [2.75, 3.05) is 0 Å². The van der Waals surface area contributed by atoms with Crippen LogP contribution in [0.5, 0.6) is 0 Å². The van der Waals surface area contributed by atoms with E-state index < -0.39 is 17.7 Å². The molecule has 1 rings (SSSR count). The van der Waals surface area contributed by atoms with Crippen LogP contribution in [0.2, 0.25) is 0 Å². The molecule has 1 aliphatic rings. The number of aliphatic carboxylic acids is 1. The number of amides is 1. The first-order valence-corrected chi connectivity index (χ1v) is 7.40. The summed E-state index contributed by atoms with van der Waals surface area (Å²) >= 11 is 0. The Balaban J connectivity index is 2.68. The Kier molecular flexibility index (Phi) is 5.84. The van der Waals surface area contributed by atoms with E-state index in [1.807, 2.05) is 0 Å². The molecule has 0 spiro atoms. The normalized spacial score (nSPS) is 24.8. The van der Waals surface area contributed by atoms with Gasteiger partial charge in [0.25, 0.3) is 0 Å². The maximum absolute atomic E-state index is 11.9. The third kappa shape index (κ3) is 5.80. The van der Waals surface area contributed by atoms with Crippen LogP contribution in [-0.4, -0.2) is 28.8 Å². The number of carbonyl (C=O) groups excluding carboxylic acids is 1. The number of hydrogen-bond acceptors (Lipinski definition) is 3. The van der Waals surface area contributed by atoms with E-state index in [0.29, 0.717) is 5.92 Å². The minimum Gasteiger partial charge on any atom is -0.481 e. The number of rotatable bonds is 4. The molecular weight excluding hydrogens is 258 g/mol. The Hall–Kier alpha value is -1.26. The molecular formula is C15H27NO4. The third-order valence-electron chi connectivity index (χ3n) is 3.79. The zero-order valence-corrected chi connectivity index (χ0v) is 12.9. The number of alkyl carbamates (subject to hydrolysis) is 1. The third-order valence-corrected chi connectivity index (χ3v) is 3.79. The van der Waals surface area contributed by atoms with E-state index >= 15 is 0 Å². The fourth-order valence-corrected chi connectivity index (χ4v) is 2.90. The highest BCUT2D eigenvalue weighted by molar-refractivity contribution is 5.71. The van der Waals surface area contributed by atoms with Gasteiger partial charge in [-0.1, -0.05) is 26.2 Å². The van der Waals surface area contributed by atoms with Gasteiger partial charge < -0.3 is 15.2 Å². The van der Waals surface area contributed by atoms with Crippen molar-refractivity contribution in [2.45, 2.75) is 71.4 Å². The number of carboxylic acid groups (broad SMARTS) is 1. The first kappa shape index (κ1) is 16.8. The molecule has 5 heteroatoms. The topological polar surface area (TPSA) is 75.6 Å². The number of carboxylic acids is 1. The van der Waals surface area contributed by atoms with Gasteiger partial charge in [-0.25, -0.2) is 4.79 Å². The van der Waals surface area contributed by atoms with E-state index in [-0.39, 0.29) is 18.4 Å². The summed E-state index contributed by atoms with van der Waals surface area (Å²) in [4.78, 5) is 22.9. The average Bonchev–Trinajstić information content (AvgIpc) is 2.25. The number of carbonyl (C=O) groups is 2. The molecule has 20 heavy (non-hydrogen) atoms. The van der Waals surface area contributed by atoms with Crippen molar-refractivity contribution < 1.29 is 19.4 Å². The standard InChI is InChI=1S/C15H27NO4/c1-10-7-5-6-8-11(10)12(9-13(17)18)16-14(19)20-15(2,3)4/h10-12H,5-9H2,1-4H3,(H,16,19)(H,17,18). The van der Waals surface area contributed by atoms with Crippen LogP contribution < -0.4 is 5.32 Å². The van der Waals surface area contributed by atoms with Gasteiger partial charge in [-0.3, -0.25) is 4.79 Å². The van der Waals surface area contributed by atoms with Crippen LogP contribution in [0.3, 0.4) is 0 Å². The molecule has 5 nitrogen and oxygen atoms in total. The van der Waals surface area contributed by atoms with Gasteiger partial charge >= 0.3 is 12.1 Å². The molecule has 3 unspecified atom stereocenters. The first-order chi connectivity index (χ1) is 9.19. The quantitative estimate of drug-likeness (QED) is 0.831. The van der Waals surface area contributed by atoms with Crippen molar-refractivity contribution >= 4 is 12.1 Å². The molecule has 0 radical (unpaired) electrons. The Labute approximate surface area is 121 Å². The molecule has 1 saturated carbocycles. The number of ether oxygens (including phenoxy) is 1. The van der Waals surface area contributed by atoms with Crippen molar-refractivity contribution in [3.63, 3.8) is 0 Å². The maximum atomic E-state index is 11.9. The predicted octanol–water partition coefficient (Wildman–Crippen LogP) is 3.18.